The fourth-order valence-corrected chi connectivity index (χ4v) is 3.58. The lowest BCUT2D eigenvalue weighted by atomic mass is 9.98. The zero-order chi connectivity index (χ0) is 18.0. The summed E-state index contributed by atoms with van der Waals surface area (Å²) in [5.41, 5.74) is 3.57. The maximum Gasteiger partial charge on any atom is 0.261 e. The average Bonchev–Trinajstić information content (AvgIpc) is 3.03. The van der Waals surface area contributed by atoms with Crippen LogP contribution in [0.25, 0.3) is 0 Å². The van der Waals surface area contributed by atoms with Crippen LogP contribution < -0.4 is 5.56 Å². The number of aromatic amines is 1. The fraction of sp³-hybridized carbons (Fsp3) is 0.400. The van der Waals surface area contributed by atoms with Crippen LogP contribution in [0.2, 0.25) is 0 Å². The van der Waals surface area contributed by atoms with Gasteiger partial charge in [0.2, 0.25) is 0 Å². The lowest BCUT2D eigenvalue weighted by molar-refractivity contribution is 0.0784. The maximum atomic E-state index is 12.8. The molecule has 2 aromatic rings. The molecular weight excluding hydrogens is 316 g/mol. The number of aliphatic hydroxyl groups excluding tert-OH is 1. The molecule has 1 saturated heterocycles. The minimum atomic E-state index is -0.300. The Bertz CT molecular complexity index is 824. The highest BCUT2D eigenvalue weighted by atomic mass is 16.3. The van der Waals surface area contributed by atoms with Crippen LogP contribution in [0.5, 0.6) is 0 Å². The number of aryl methyl sites for hydroxylation is 2. The van der Waals surface area contributed by atoms with Crippen molar-refractivity contribution in [1.29, 1.82) is 0 Å². The Labute approximate surface area is 147 Å². The number of aliphatic hydroxyl groups is 1. The number of benzene rings is 1. The first-order valence-electron chi connectivity index (χ1n) is 8.66. The third kappa shape index (κ3) is 3.82. The van der Waals surface area contributed by atoms with Crippen LogP contribution in [-0.2, 0) is 13.0 Å². The number of nitrogens with zero attached hydrogens (tertiary/aromatic N) is 1. The van der Waals surface area contributed by atoms with E-state index in [-0.39, 0.29) is 23.6 Å². The summed E-state index contributed by atoms with van der Waals surface area (Å²) in [7, 11) is 0. The summed E-state index contributed by atoms with van der Waals surface area (Å²) in [6.07, 6.45) is 1.84. The number of hydrogen-bond donors (Lipinski definition) is 2. The summed E-state index contributed by atoms with van der Waals surface area (Å²) in [6, 6.07) is 9.77. The number of carbonyl (C=O) groups is 1. The van der Waals surface area contributed by atoms with Crippen LogP contribution in [-0.4, -0.2) is 34.0 Å². The number of nitrogens with one attached hydrogen (secondary N) is 1. The molecule has 1 aliphatic heterocycles. The van der Waals surface area contributed by atoms with Crippen LogP contribution in [0, 0.1) is 19.8 Å². The van der Waals surface area contributed by atoms with E-state index in [2.05, 4.69) is 4.98 Å². The number of H-pyrrole nitrogens is 1. The smallest absolute Gasteiger partial charge is 0.261 e. The average molecular weight is 340 g/mol. The molecule has 1 atom stereocenters. The van der Waals surface area contributed by atoms with E-state index in [0.29, 0.717) is 19.0 Å². The van der Waals surface area contributed by atoms with E-state index in [1.807, 2.05) is 44.2 Å². The van der Waals surface area contributed by atoms with Gasteiger partial charge >= 0.3 is 0 Å². The molecule has 1 aromatic carbocycles. The first-order chi connectivity index (χ1) is 12.0. The lowest BCUT2D eigenvalue weighted by Crippen LogP contribution is -2.34. The Hall–Kier alpha value is -2.40. The first-order valence-corrected chi connectivity index (χ1v) is 8.66. The number of amides is 1. The van der Waals surface area contributed by atoms with Crippen molar-refractivity contribution in [3.8, 4) is 0 Å². The number of rotatable bonds is 4. The molecule has 5 heteroatoms. The molecule has 0 radical (unpaired) electrons. The monoisotopic (exact) mass is 340 g/mol. The molecule has 3 rings (SSSR count). The number of pyridine rings is 1. The molecule has 0 saturated carbocycles. The third-order valence-corrected chi connectivity index (χ3v) is 4.88. The zero-order valence-electron chi connectivity index (χ0n) is 14.7. The van der Waals surface area contributed by atoms with Gasteiger partial charge in [-0.15, -0.1) is 0 Å². The van der Waals surface area contributed by atoms with Crippen molar-refractivity contribution in [2.75, 3.05) is 13.1 Å². The minimum absolute atomic E-state index is 0.0520. The van der Waals surface area contributed by atoms with E-state index >= 15 is 0 Å². The molecule has 132 valence electrons. The second kappa shape index (κ2) is 7.23. The molecule has 1 aliphatic rings. The normalized spacial score (nSPS) is 17.1. The first kappa shape index (κ1) is 17.4. The minimum Gasteiger partial charge on any atom is -0.392 e. The second-order valence-corrected chi connectivity index (χ2v) is 6.92. The Morgan fingerprint density at radius 1 is 1.24 bits per heavy atom. The zero-order valence-corrected chi connectivity index (χ0v) is 14.7. The Morgan fingerprint density at radius 3 is 2.56 bits per heavy atom. The van der Waals surface area contributed by atoms with Crippen molar-refractivity contribution in [2.24, 2.45) is 5.92 Å². The highest BCUT2D eigenvalue weighted by Crippen LogP contribution is 2.23. The van der Waals surface area contributed by atoms with Gasteiger partial charge in [0, 0.05) is 18.8 Å². The van der Waals surface area contributed by atoms with Crippen molar-refractivity contribution in [2.45, 2.75) is 33.3 Å². The molecule has 0 aliphatic carbocycles. The van der Waals surface area contributed by atoms with E-state index in [1.165, 1.54) is 5.56 Å². The van der Waals surface area contributed by atoms with Gasteiger partial charge in [0.05, 0.1) is 6.61 Å². The highest BCUT2D eigenvalue weighted by Gasteiger charge is 2.29. The molecule has 1 unspecified atom stereocenters. The van der Waals surface area contributed by atoms with Crippen LogP contribution in [0.4, 0.5) is 0 Å². The quantitative estimate of drug-likeness (QED) is 0.896. The molecule has 0 bridgehead atoms. The van der Waals surface area contributed by atoms with Crippen molar-refractivity contribution in [3.05, 3.63) is 68.6 Å². The van der Waals surface area contributed by atoms with Crippen molar-refractivity contribution < 1.29 is 9.90 Å². The van der Waals surface area contributed by atoms with E-state index in [4.69, 9.17) is 5.11 Å². The van der Waals surface area contributed by atoms with Crippen LogP contribution >= 0.6 is 0 Å². The van der Waals surface area contributed by atoms with Gasteiger partial charge in [-0.2, -0.15) is 0 Å². The van der Waals surface area contributed by atoms with E-state index < -0.39 is 0 Å². The molecule has 5 nitrogen and oxygen atoms in total. The largest absolute Gasteiger partial charge is 0.392 e. The van der Waals surface area contributed by atoms with Crippen molar-refractivity contribution in [3.63, 3.8) is 0 Å². The molecule has 25 heavy (non-hydrogen) atoms. The van der Waals surface area contributed by atoms with Crippen LogP contribution in [0.3, 0.4) is 0 Å². The third-order valence-electron chi connectivity index (χ3n) is 4.88. The van der Waals surface area contributed by atoms with E-state index in [9.17, 15) is 9.59 Å². The lowest BCUT2D eigenvalue weighted by Gasteiger charge is -2.17. The number of aromatic nitrogens is 1. The standard InChI is InChI=1S/C20H24N2O3/c1-13-9-14(2)21-19(24)18(13)20(25)22-8-7-17(11-22)10-15-3-5-16(12-23)6-4-15/h3-6,9,17,23H,7-8,10-12H2,1-2H3,(H,21,24). The Morgan fingerprint density at radius 2 is 1.92 bits per heavy atom. The summed E-state index contributed by atoms with van der Waals surface area (Å²) in [5, 5.41) is 9.11. The van der Waals surface area contributed by atoms with Gasteiger partial charge in [-0.25, -0.2) is 0 Å². The molecular formula is C20H24N2O3. The van der Waals surface area contributed by atoms with Crippen molar-refractivity contribution in [1.82, 2.24) is 9.88 Å². The molecule has 1 amide bonds. The van der Waals surface area contributed by atoms with Gasteiger partial charge in [0.1, 0.15) is 5.56 Å². The summed E-state index contributed by atoms with van der Waals surface area (Å²) < 4.78 is 0. The van der Waals surface area contributed by atoms with Gasteiger partial charge in [0.25, 0.3) is 11.5 Å². The second-order valence-electron chi connectivity index (χ2n) is 6.92. The molecule has 0 spiro atoms. The van der Waals surface area contributed by atoms with E-state index in [1.54, 1.807) is 4.90 Å². The summed E-state index contributed by atoms with van der Waals surface area (Å²) in [6.45, 7) is 5.04. The van der Waals surface area contributed by atoms with Crippen LogP contribution in [0.15, 0.2) is 35.1 Å². The predicted octanol–water partition coefficient (Wildman–Crippen LogP) is 2.19. The fourth-order valence-electron chi connectivity index (χ4n) is 3.58. The van der Waals surface area contributed by atoms with Gasteiger partial charge in [-0.05, 0) is 55.4 Å². The van der Waals surface area contributed by atoms with Gasteiger partial charge in [-0.1, -0.05) is 24.3 Å². The van der Waals surface area contributed by atoms with E-state index in [0.717, 1.165) is 29.7 Å². The van der Waals surface area contributed by atoms with Crippen molar-refractivity contribution >= 4 is 5.91 Å². The molecule has 1 fully saturated rings. The van der Waals surface area contributed by atoms with Gasteiger partial charge in [-0.3, -0.25) is 9.59 Å². The summed E-state index contributed by atoms with van der Waals surface area (Å²) >= 11 is 0. The SMILES string of the molecule is Cc1cc(C)c(C(=O)N2CCC(Cc3ccc(CO)cc3)C2)c(=O)[nH]1. The summed E-state index contributed by atoms with van der Waals surface area (Å²) in [5.74, 6) is 0.227. The summed E-state index contributed by atoms with van der Waals surface area (Å²) in [4.78, 5) is 29.4. The Balaban J connectivity index is 1.68. The predicted molar refractivity (Wildman–Crippen MR) is 96.6 cm³/mol. The Kier molecular flexibility index (Phi) is 5.04. The number of likely N-dealkylation sites (tertiary alicyclic amines) is 1. The molecule has 1 aromatic heterocycles. The topological polar surface area (TPSA) is 73.4 Å². The number of hydrogen-bond acceptors (Lipinski definition) is 3. The highest BCUT2D eigenvalue weighted by molar-refractivity contribution is 5.95. The molecule has 2 heterocycles. The molecule has 2 N–H and O–H groups in total. The number of carbonyl (C=O) groups excluding carboxylic acids is 1. The van der Waals surface area contributed by atoms with Gasteiger partial charge < -0.3 is 15.0 Å². The van der Waals surface area contributed by atoms with Gasteiger partial charge in [0.15, 0.2) is 0 Å². The maximum absolute atomic E-state index is 12.8. The van der Waals surface area contributed by atoms with Crippen LogP contribution in [0.1, 0.15) is 39.2 Å².